The van der Waals surface area contributed by atoms with Gasteiger partial charge in [-0.05, 0) is 73.2 Å². The maximum atomic E-state index is 13.4. The molecular formula is C26H29F3O. The fourth-order valence-corrected chi connectivity index (χ4v) is 3.02. The third-order valence-corrected chi connectivity index (χ3v) is 4.86. The minimum absolute atomic E-state index is 0.0606. The van der Waals surface area contributed by atoms with Crippen LogP contribution in [0.4, 0.5) is 13.2 Å². The first-order chi connectivity index (χ1) is 14.2. The summed E-state index contributed by atoms with van der Waals surface area (Å²) in [5.74, 6) is 0.229. The van der Waals surface area contributed by atoms with Gasteiger partial charge in [-0.15, -0.1) is 0 Å². The Balaban J connectivity index is 2.65. The van der Waals surface area contributed by atoms with Gasteiger partial charge in [0.15, 0.2) is 0 Å². The molecule has 0 spiro atoms. The molecule has 0 aliphatic rings. The third-order valence-electron chi connectivity index (χ3n) is 4.86. The van der Waals surface area contributed by atoms with E-state index < -0.39 is 13.0 Å². The minimum Gasteiger partial charge on any atom is -0.487 e. The molecule has 0 saturated heterocycles. The van der Waals surface area contributed by atoms with Crippen molar-refractivity contribution in [2.24, 2.45) is 0 Å². The Morgan fingerprint density at radius 1 is 1.03 bits per heavy atom. The zero-order valence-electron chi connectivity index (χ0n) is 18.2. The SMILES string of the molecule is C/C=C(C)/C=C/C=C(/C)c1cc(-c2ccc(F)cc2)cc(C(C)C)c1OCC(F)F. The zero-order valence-corrected chi connectivity index (χ0v) is 18.2. The molecule has 160 valence electrons. The molecule has 0 aliphatic heterocycles. The standard InChI is InChI=1S/C26H29F3O/c1-6-18(4)8-7-9-19(5)24-15-21(20-10-12-22(27)13-11-20)14-23(17(2)3)26(24)30-16-25(28)29/h6-15,17,25H,16H2,1-5H3/b8-7+,18-6+,19-9-. The summed E-state index contributed by atoms with van der Waals surface area (Å²) >= 11 is 0. The number of halogens is 3. The van der Waals surface area contributed by atoms with Crippen molar-refractivity contribution in [1.82, 2.24) is 0 Å². The first-order valence-corrected chi connectivity index (χ1v) is 10.1. The summed E-state index contributed by atoms with van der Waals surface area (Å²) in [4.78, 5) is 0. The Morgan fingerprint density at radius 3 is 2.27 bits per heavy atom. The van der Waals surface area contributed by atoms with Crippen LogP contribution in [0.3, 0.4) is 0 Å². The second-order valence-electron chi connectivity index (χ2n) is 7.55. The van der Waals surface area contributed by atoms with Crippen LogP contribution in [0.5, 0.6) is 5.75 Å². The fraction of sp³-hybridized carbons (Fsp3) is 0.308. The van der Waals surface area contributed by atoms with Crippen LogP contribution in [-0.4, -0.2) is 13.0 Å². The Kier molecular flexibility index (Phi) is 8.52. The zero-order chi connectivity index (χ0) is 22.3. The van der Waals surface area contributed by atoms with Crippen molar-refractivity contribution in [2.75, 3.05) is 6.61 Å². The van der Waals surface area contributed by atoms with E-state index in [0.717, 1.165) is 33.4 Å². The lowest BCUT2D eigenvalue weighted by molar-refractivity contribution is 0.0811. The van der Waals surface area contributed by atoms with Gasteiger partial charge in [0.1, 0.15) is 18.2 Å². The fourth-order valence-electron chi connectivity index (χ4n) is 3.02. The molecule has 2 aromatic rings. The van der Waals surface area contributed by atoms with Crippen LogP contribution in [0.15, 0.2) is 66.3 Å². The van der Waals surface area contributed by atoms with E-state index in [1.54, 1.807) is 12.1 Å². The van der Waals surface area contributed by atoms with Gasteiger partial charge >= 0.3 is 0 Å². The van der Waals surface area contributed by atoms with Crippen LogP contribution in [0.1, 0.15) is 51.7 Å². The summed E-state index contributed by atoms with van der Waals surface area (Å²) in [5, 5.41) is 0. The van der Waals surface area contributed by atoms with E-state index in [1.165, 1.54) is 12.1 Å². The molecule has 1 nitrogen and oxygen atoms in total. The Labute approximate surface area is 177 Å². The molecule has 0 aliphatic carbocycles. The van der Waals surface area contributed by atoms with Crippen molar-refractivity contribution >= 4 is 5.57 Å². The second-order valence-corrected chi connectivity index (χ2v) is 7.55. The molecule has 0 heterocycles. The summed E-state index contributed by atoms with van der Waals surface area (Å²) in [6, 6.07) is 10.1. The highest BCUT2D eigenvalue weighted by Crippen LogP contribution is 2.39. The predicted octanol–water partition coefficient (Wildman–Crippen LogP) is 8.19. The number of ether oxygens (including phenoxy) is 1. The molecule has 0 amide bonds. The molecule has 2 aromatic carbocycles. The Hall–Kier alpha value is -2.75. The Bertz CT molecular complexity index is 935. The molecule has 0 saturated carbocycles. The molecule has 0 N–H and O–H groups in total. The van der Waals surface area contributed by atoms with Crippen LogP contribution < -0.4 is 4.74 Å². The monoisotopic (exact) mass is 414 g/mol. The highest BCUT2D eigenvalue weighted by Gasteiger charge is 2.18. The molecule has 0 atom stereocenters. The van der Waals surface area contributed by atoms with Gasteiger partial charge in [0.2, 0.25) is 0 Å². The van der Waals surface area contributed by atoms with Crippen LogP contribution >= 0.6 is 0 Å². The minimum atomic E-state index is -2.56. The Morgan fingerprint density at radius 2 is 1.70 bits per heavy atom. The molecule has 0 radical (unpaired) electrons. The van der Waals surface area contributed by atoms with Crippen LogP contribution in [-0.2, 0) is 0 Å². The van der Waals surface area contributed by atoms with Crippen molar-refractivity contribution in [3.63, 3.8) is 0 Å². The average molecular weight is 415 g/mol. The third kappa shape index (κ3) is 6.38. The number of hydrogen-bond acceptors (Lipinski definition) is 1. The number of benzene rings is 2. The maximum absolute atomic E-state index is 13.4. The maximum Gasteiger partial charge on any atom is 0.272 e. The van der Waals surface area contributed by atoms with Crippen molar-refractivity contribution in [3.05, 3.63) is 83.2 Å². The summed E-state index contributed by atoms with van der Waals surface area (Å²) in [6.07, 6.45) is 5.30. The molecule has 0 bridgehead atoms. The van der Waals surface area contributed by atoms with Gasteiger partial charge in [0.05, 0.1) is 0 Å². The molecule has 0 aromatic heterocycles. The van der Waals surface area contributed by atoms with Crippen molar-refractivity contribution in [1.29, 1.82) is 0 Å². The van der Waals surface area contributed by atoms with E-state index in [0.29, 0.717) is 5.75 Å². The lowest BCUT2D eigenvalue weighted by Crippen LogP contribution is -2.10. The second kappa shape index (κ2) is 10.9. The van der Waals surface area contributed by atoms with Gasteiger partial charge < -0.3 is 4.74 Å². The highest BCUT2D eigenvalue weighted by atomic mass is 19.3. The smallest absolute Gasteiger partial charge is 0.272 e. The number of rotatable bonds is 8. The molecule has 0 unspecified atom stereocenters. The van der Waals surface area contributed by atoms with Gasteiger partial charge in [-0.1, -0.05) is 55.9 Å². The lowest BCUT2D eigenvalue weighted by atomic mass is 9.90. The van der Waals surface area contributed by atoms with Crippen LogP contribution in [0.25, 0.3) is 16.7 Å². The highest BCUT2D eigenvalue weighted by molar-refractivity contribution is 5.78. The van der Waals surface area contributed by atoms with Gasteiger partial charge in [-0.25, -0.2) is 13.2 Å². The molecular weight excluding hydrogens is 385 g/mol. The number of allylic oxidation sites excluding steroid dienone is 6. The van der Waals surface area contributed by atoms with E-state index in [4.69, 9.17) is 4.74 Å². The molecule has 0 fully saturated rings. The van der Waals surface area contributed by atoms with E-state index in [9.17, 15) is 13.2 Å². The normalized spacial score (nSPS) is 13.0. The van der Waals surface area contributed by atoms with Gasteiger partial charge in [0, 0.05) is 5.56 Å². The van der Waals surface area contributed by atoms with E-state index >= 15 is 0 Å². The first kappa shape index (κ1) is 23.5. The predicted molar refractivity (Wildman–Crippen MR) is 120 cm³/mol. The van der Waals surface area contributed by atoms with E-state index in [1.807, 2.05) is 71.1 Å². The first-order valence-electron chi connectivity index (χ1n) is 10.1. The number of alkyl halides is 2. The quantitative estimate of drug-likeness (QED) is 0.396. The van der Waals surface area contributed by atoms with Gasteiger partial charge in [0.25, 0.3) is 6.43 Å². The average Bonchev–Trinajstić information content (AvgIpc) is 2.71. The summed E-state index contributed by atoms with van der Waals surface area (Å²) in [7, 11) is 0. The summed E-state index contributed by atoms with van der Waals surface area (Å²) in [5.41, 5.74) is 5.35. The number of hydrogen-bond donors (Lipinski definition) is 0. The van der Waals surface area contributed by atoms with Crippen LogP contribution in [0.2, 0.25) is 0 Å². The molecule has 4 heteroatoms. The lowest BCUT2D eigenvalue weighted by Gasteiger charge is -2.20. The van der Waals surface area contributed by atoms with Crippen molar-refractivity contribution < 1.29 is 17.9 Å². The summed E-state index contributed by atoms with van der Waals surface area (Å²) < 4.78 is 44.8. The molecule has 2 rings (SSSR count). The largest absolute Gasteiger partial charge is 0.487 e. The van der Waals surface area contributed by atoms with Crippen LogP contribution in [0, 0.1) is 5.82 Å². The summed E-state index contributed by atoms with van der Waals surface area (Å²) in [6.45, 7) is 9.23. The topological polar surface area (TPSA) is 9.23 Å². The van der Waals surface area contributed by atoms with Gasteiger partial charge in [-0.3, -0.25) is 0 Å². The van der Waals surface area contributed by atoms with Crippen molar-refractivity contribution in [2.45, 2.75) is 47.0 Å². The molecule has 30 heavy (non-hydrogen) atoms. The van der Waals surface area contributed by atoms with Gasteiger partial charge in [-0.2, -0.15) is 0 Å². The van der Waals surface area contributed by atoms with E-state index in [-0.39, 0.29) is 11.7 Å². The van der Waals surface area contributed by atoms with Crippen molar-refractivity contribution in [3.8, 4) is 16.9 Å². The van der Waals surface area contributed by atoms with E-state index in [2.05, 4.69) is 0 Å².